The van der Waals surface area contributed by atoms with Gasteiger partial charge in [0.05, 0.1) is 18.8 Å². The summed E-state index contributed by atoms with van der Waals surface area (Å²) in [5, 5.41) is 0. The summed E-state index contributed by atoms with van der Waals surface area (Å²) in [6, 6.07) is 16.3. The van der Waals surface area contributed by atoms with Gasteiger partial charge in [0.1, 0.15) is 0 Å². The highest BCUT2D eigenvalue weighted by molar-refractivity contribution is 5.91. The predicted molar refractivity (Wildman–Crippen MR) is 88.1 cm³/mol. The number of fused-ring (bicyclic) bond motifs is 1. The molecule has 1 aliphatic rings. The first-order chi connectivity index (χ1) is 10.7. The number of amides is 1. The van der Waals surface area contributed by atoms with Crippen molar-refractivity contribution in [1.29, 1.82) is 0 Å². The second-order valence-electron chi connectivity index (χ2n) is 5.38. The molecular formula is C19H19NO2. The summed E-state index contributed by atoms with van der Waals surface area (Å²) in [4.78, 5) is 14.0. The van der Waals surface area contributed by atoms with E-state index >= 15 is 0 Å². The number of aryl methyl sites for hydroxylation is 1. The Morgan fingerprint density at radius 2 is 1.86 bits per heavy atom. The zero-order valence-electron chi connectivity index (χ0n) is 12.9. The minimum atomic E-state index is -0.302. The first kappa shape index (κ1) is 14.4. The van der Waals surface area contributed by atoms with Crippen LogP contribution >= 0.6 is 0 Å². The lowest BCUT2D eigenvalue weighted by atomic mass is 9.98. The fourth-order valence-electron chi connectivity index (χ4n) is 2.63. The van der Waals surface area contributed by atoms with Gasteiger partial charge in [0.25, 0.3) is 0 Å². The molecule has 0 aliphatic carbocycles. The Labute approximate surface area is 130 Å². The first-order valence-electron chi connectivity index (χ1n) is 7.50. The standard InChI is InChI=1S/C19H19NO2/c1-3-22-19(21)20-13-17-7-5-4-6-16(17)12-18(20)15-10-8-14(2)9-11-15/h4-12H,3,13H2,1-2H3. The van der Waals surface area contributed by atoms with Gasteiger partial charge in [-0.1, -0.05) is 54.1 Å². The zero-order chi connectivity index (χ0) is 15.5. The average molecular weight is 293 g/mol. The Morgan fingerprint density at radius 1 is 1.14 bits per heavy atom. The van der Waals surface area contributed by atoms with Crippen LogP contribution in [-0.4, -0.2) is 17.6 Å². The van der Waals surface area contributed by atoms with E-state index in [4.69, 9.17) is 4.74 Å². The Hall–Kier alpha value is -2.55. The Balaban J connectivity index is 2.06. The molecule has 0 fully saturated rings. The van der Waals surface area contributed by atoms with Gasteiger partial charge in [0.15, 0.2) is 0 Å². The van der Waals surface area contributed by atoms with E-state index in [2.05, 4.69) is 31.2 Å². The van der Waals surface area contributed by atoms with E-state index in [-0.39, 0.29) is 6.09 Å². The lowest BCUT2D eigenvalue weighted by molar-refractivity contribution is 0.123. The van der Waals surface area contributed by atoms with Crippen molar-refractivity contribution in [3.05, 3.63) is 70.8 Å². The molecule has 0 spiro atoms. The monoisotopic (exact) mass is 293 g/mol. The van der Waals surface area contributed by atoms with Gasteiger partial charge in [-0.15, -0.1) is 0 Å². The third-order valence-electron chi connectivity index (χ3n) is 3.80. The Bertz CT molecular complexity index is 716. The normalized spacial score (nSPS) is 13.4. The minimum Gasteiger partial charge on any atom is -0.449 e. The highest BCUT2D eigenvalue weighted by Crippen LogP contribution is 2.31. The predicted octanol–water partition coefficient (Wildman–Crippen LogP) is 4.47. The number of rotatable bonds is 2. The number of nitrogens with zero attached hydrogens (tertiary/aromatic N) is 1. The minimum absolute atomic E-state index is 0.302. The van der Waals surface area contributed by atoms with Crippen molar-refractivity contribution in [1.82, 2.24) is 4.90 Å². The quantitative estimate of drug-likeness (QED) is 0.818. The number of hydrogen-bond donors (Lipinski definition) is 0. The van der Waals surface area contributed by atoms with Crippen molar-refractivity contribution >= 4 is 17.9 Å². The highest BCUT2D eigenvalue weighted by Gasteiger charge is 2.25. The molecule has 3 nitrogen and oxygen atoms in total. The first-order valence-corrected chi connectivity index (χ1v) is 7.50. The summed E-state index contributed by atoms with van der Waals surface area (Å²) >= 11 is 0. The largest absolute Gasteiger partial charge is 0.449 e. The number of carbonyl (C=O) groups is 1. The fourth-order valence-corrected chi connectivity index (χ4v) is 2.63. The maximum absolute atomic E-state index is 12.3. The second kappa shape index (κ2) is 6.06. The molecule has 2 aromatic rings. The average Bonchev–Trinajstić information content (AvgIpc) is 2.54. The van der Waals surface area contributed by atoms with Crippen LogP contribution in [0.1, 0.15) is 29.2 Å². The van der Waals surface area contributed by atoms with Crippen molar-refractivity contribution in [3.63, 3.8) is 0 Å². The van der Waals surface area contributed by atoms with Gasteiger partial charge in [0.2, 0.25) is 0 Å². The van der Waals surface area contributed by atoms with Crippen LogP contribution in [-0.2, 0) is 11.3 Å². The fraction of sp³-hybridized carbons (Fsp3) is 0.211. The van der Waals surface area contributed by atoms with Crippen LogP contribution in [0.3, 0.4) is 0 Å². The van der Waals surface area contributed by atoms with E-state index in [0.29, 0.717) is 13.2 Å². The number of benzene rings is 2. The van der Waals surface area contributed by atoms with Crippen molar-refractivity contribution in [2.75, 3.05) is 6.61 Å². The van der Waals surface area contributed by atoms with Crippen molar-refractivity contribution in [2.24, 2.45) is 0 Å². The highest BCUT2D eigenvalue weighted by atomic mass is 16.6. The van der Waals surface area contributed by atoms with E-state index in [1.165, 1.54) is 5.56 Å². The van der Waals surface area contributed by atoms with Gasteiger partial charge in [-0.25, -0.2) is 4.79 Å². The molecule has 1 heterocycles. The number of ether oxygens (including phenoxy) is 1. The summed E-state index contributed by atoms with van der Waals surface area (Å²) in [6.45, 7) is 4.79. The second-order valence-corrected chi connectivity index (χ2v) is 5.38. The summed E-state index contributed by atoms with van der Waals surface area (Å²) in [6.07, 6.45) is 1.75. The Kier molecular flexibility index (Phi) is 3.96. The maximum atomic E-state index is 12.3. The van der Waals surface area contributed by atoms with Gasteiger partial charge in [0, 0.05) is 0 Å². The molecule has 22 heavy (non-hydrogen) atoms. The molecule has 3 rings (SSSR count). The van der Waals surface area contributed by atoms with E-state index in [1.807, 2.05) is 37.3 Å². The van der Waals surface area contributed by atoms with E-state index < -0.39 is 0 Å². The third kappa shape index (κ3) is 2.75. The molecule has 1 amide bonds. The van der Waals surface area contributed by atoms with Gasteiger partial charge < -0.3 is 4.74 Å². The van der Waals surface area contributed by atoms with Gasteiger partial charge in [-0.3, -0.25) is 4.90 Å². The summed E-state index contributed by atoms with van der Waals surface area (Å²) in [7, 11) is 0. The third-order valence-corrected chi connectivity index (χ3v) is 3.80. The van der Waals surface area contributed by atoms with Crippen LogP contribution in [0.5, 0.6) is 0 Å². The number of carbonyl (C=O) groups excluding carboxylic acids is 1. The SMILES string of the molecule is CCOC(=O)N1Cc2ccccc2C=C1c1ccc(C)cc1. The molecule has 0 saturated carbocycles. The Morgan fingerprint density at radius 3 is 2.59 bits per heavy atom. The topological polar surface area (TPSA) is 29.5 Å². The van der Waals surface area contributed by atoms with Crippen LogP contribution in [0.25, 0.3) is 11.8 Å². The van der Waals surface area contributed by atoms with Crippen LogP contribution in [0.2, 0.25) is 0 Å². The van der Waals surface area contributed by atoms with Crippen LogP contribution in [0.15, 0.2) is 48.5 Å². The zero-order valence-corrected chi connectivity index (χ0v) is 12.9. The van der Waals surface area contributed by atoms with Crippen LogP contribution in [0, 0.1) is 6.92 Å². The van der Waals surface area contributed by atoms with E-state index in [1.54, 1.807) is 4.90 Å². The van der Waals surface area contributed by atoms with Crippen molar-refractivity contribution in [2.45, 2.75) is 20.4 Å². The molecule has 2 aromatic carbocycles. The molecule has 0 saturated heterocycles. The van der Waals surface area contributed by atoms with Crippen molar-refractivity contribution in [3.8, 4) is 0 Å². The lowest BCUT2D eigenvalue weighted by Crippen LogP contribution is -2.31. The van der Waals surface area contributed by atoms with Gasteiger partial charge in [-0.2, -0.15) is 0 Å². The number of hydrogen-bond acceptors (Lipinski definition) is 2. The van der Waals surface area contributed by atoms with Crippen LogP contribution in [0.4, 0.5) is 4.79 Å². The molecule has 0 radical (unpaired) electrons. The molecular weight excluding hydrogens is 274 g/mol. The van der Waals surface area contributed by atoms with Gasteiger partial charge in [-0.05, 0) is 36.6 Å². The summed E-state index contributed by atoms with van der Waals surface area (Å²) in [5.41, 5.74) is 5.39. The van der Waals surface area contributed by atoms with Crippen molar-refractivity contribution < 1.29 is 9.53 Å². The molecule has 112 valence electrons. The van der Waals surface area contributed by atoms with Gasteiger partial charge >= 0.3 is 6.09 Å². The molecule has 0 N–H and O–H groups in total. The molecule has 1 aliphatic heterocycles. The maximum Gasteiger partial charge on any atom is 0.414 e. The van der Waals surface area contributed by atoms with E-state index in [9.17, 15) is 4.79 Å². The lowest BCUT2D eigenvalue weighted by Gasteiger charge is -2.29. The van der Waals surface area contributed by atoms with E-state index in [0.717, 1.165) is 22.4 Å². The smallest absolute Gasteiger partial charge is 0.414 e. The molecule has 0 unspecified atom stereocenters. The molecule has 0 atom stereocenters. The summed E-state index contributed by atoms with van der Waals surface area (Å²) in [5.74, 6) is 0. The molecule has 3 heteroatoms. The summed E-state index contributed by atoms with van der Waals surface area (Å²) < 4.78 is 5.22. The van der Waals surface area contributed by atoms with Crippen LogP contribution < -0.4 is 0 Å². The molecule has 0 aromatic heterocycles. The molecule has 0 bridgehead atoms.